The molecule has 1 aromatic rings. The van der Waals surface area contributed by atoms with Crippen molar-refractivity contribution in [2.45, 2.75) is 162 Å². The number of methoxy groups -OCH3 is 1. The Hall–Kier alpha value is -2.14. The first-order valence-electron chi connectivity index (χ1n) is 17.0. The highest BCUT2D eigenvalue weighted by atomic mass is 28.4. The molecular formula is C36H58O9Si. The molecule has 1 saturated heterocycles. The number of aliphatic hydroxyl groups is 1. The molecule has 9 nitrogen and oxygen atoms in total. The van der Waals surface area contributed by atoms with Gasteiger partial charge in [-0.15, -0.1) is 0 Å². The summed E-state index contributed by atoms with van der Waals surface area (Å²) in [5.74, 6) is 0.0480. The van der Waals surface area contributed by atoms with Gasteiger partial charge in [-0.3, -0.25) is 9.59 Å². The van der Waals surface area contributed by atoms with Crippen LogP contribution in [0, 0.1) is 11.3 Å². The first kappa shape index (κ1) is 36.7. The highest BCUT2D eigenvalue weighted by molar-refractivity contribution is 6.69. The molecule has 0 bridgehead atoms. The zero-order valence-corrected chi connectivity index (χ0v) is 31.4. The van der Waals surface area contributed by atoms with Gasteiger partial charge in [-0.2, -0.15) is 0 Å². The van der Waals surface area contributed by atoms with Crippen molar-refractivity contribution in [1.29, 1.82) is 0 Å². The fraction of sp³-hybridized carbons (Fsp3) is 0.778. The van der Waals surface area contributed by atoms with Crippen LogP contribution < -0.4 is 14.2 Å². The Kier molecular flexibility index (Phi) is 10.1. The molecule has 0 aromatic heterocycles. The Morgan fingerprint density at radius 3 is 2.30 bits per heavy atom. The Morgan fingerprint density at radius 1 is 1.11 bits per heavy atom. The zero-order valence-electron chi connectivity index (χ0n) is 30.4. The van der Waals surface area contributed by atoms with E-state index in [9.17, 15) is 14.7 Å². The third kappa shape index (κ3) is 6.48. The molecule has 0 spiro atoms. The molecule has 0 radical (unpaired) electrons. The van der Waals surface area contributed by atoms with Crippen molar-refractivity contribution in [1.82, 2.24) is 0 Å². The van der Waals surface area contributed by atoms with Gasteiger partial charge >= 0.3 is 11.9 Å². The van der Waals surface area contributed by atoms with E-state index in [4.69, 9.17) is 28.1 Å². The second kappa shape index (κ2) is 12.7. The first-order valence-corrected chi connectivity index (χ1v) is 20.4. The molecule has 3 aliphatic rings. The summed E-state index contributed by atoms with van der Waals surface area (Å²) in [5, 5.41) is 12.9. The van der Waals surface area contributed by atoms with Gasteiger partial charge in [0.15, 0.2) is 19.8 Å². The topological polar surface area (TPSA) is 110 Å². The molecule has 260 valence electrons. The molecule has 0 amide bonds. The van der Waals surface area contributed by atoms with E-state index in [1.807, 2.05) is 33.8 Å². The monoisotopic (exact) mass is 662 g/mol. The summed E-state index contributed by atoms with van der Waals surface area (Å²) in [6.07, 6.45) is 2.99. The van der Waals surface area contributed by atoms with Gasteiger partial charge in [-0.05, 0) is 78.1 Å². The van der Waals surface area contributed by atoms with Crippen LogP contribution in [0.1, 0.15) is 111 Å². The number of rotatable bonds is 10. The zero-order chi connectivity index (χ0) is 34.6. The van der Waals surface area contributed by atoms with Crippen molar-refractivity contribution >= 4 is 20.3 Å². The van der Waals surface area contributed by atoms with Crippen molar-refractivity contribution < 1.29 is 42.8 Å². The number of benzene rings is 1. The molecule has 2 heterocycles. The number of carbonyl (C=O) groups excluding carboxylic acids is 2. The van der Waals surface area contributed by atoms with Gasteiger partial charge in [-0.25, -0.2) is 0 Å². The number of hydrogen-bond acceptors (Lipinski definition) is 9. The fourth-order valence-corrected chi connectivity index (χ4v) is 10.2. The van der Waals surface area contributed by atoms with E-state index >= 15 is 0 Å². The maximum Gasteiger partial charge on any atom is 0.308 e. The molecule has 0 unspecified atom stereocenters. The predicted octanol–water partition coefficient (Wildman–Crippen LogP) is 7.10. The number of fused-ring (bicyclic) bond motifs is 4. The van der Waals surface area contributed by atoms with Gasteiger partial charge in [0.2, 0.25) is 0 Å². The van der Waals surface area contributed by atoms with Crippen molar-refractivity contribution in [3.05, 3.63) is 17.2 Å². The minimum absolute atomic E-state index is 0.0427. The van der Waals surface area contributed by atoms with E-state index in [0.29, 0.717) is 35.5 Å². The second-order valence-electron chi connectivity index (χ2n) is 15.9. The smallest absolute Gasteiger partial charge is 0.308 e. The van der Waals surface area contributed by atoms with E-state index in [1.165, 1.54) is 13.8 Å². The second-order valence-corrected chi connectivity index (χ2v) is 20.4. The molecule has 1 aliphatic carbocycles. The molecule has 46 heavy (non-hydrogen) atoms. The maximum absolute atomic E-state index is 12.9. The fourth-order valence-electron chi connectivity index (χ4n) is 8.49. The van der Waals surface area contributed by atoms with Crippen molar-refractivity contribution in [2.75, 3.05) is 7.11 Å². The minimum atomic E-state index is -1.82. The molecule has 2 aliphatic heterocycles. The standard InChI is InChI=1S/C36H58O9Si/c1-14-21(2)30(41-23(4)37)22(3)25-19-27(40-10)26-20-36(39)34(8)17-15-28(33(6,7)45-46(11,12)13)43-29(34)16-18-35(36,9)44-32(26)31(25)42-24(5)38/h19,21-22,28-30,39H,14-18,20H2,1-13H3/t21-,22-,28+,29+,30+,34-,35-,36-/m0/s1. The van der Waals surface area contributed by atoms with E-state index in [1.54, 1.807) is 7.11 Å². The van der Waals surface area contributed by atoms with Gasteiger partial charge in [0.1, 0.15) is 23.1 Å². The predicted molar refractivity (Wildman–Crippen MR) is 179 cm³/mol. The van der Waals surface area contributed by atoms with Gasteiger partial charge < -0.3 is 33.2 Å². The number of carbonyl (C=O) groups is 2. The van der Waals surface area contributed by atoms with Crippen LogP contribution in [0.2, 0.25) is 19.6 Å². The summed E-state index contributed by atoms with van der Waals surface area (Å²) >= 11 is 0. The van der Waals surface area contributed by atoms with Crippen LogP contribution in [0.25, 0.3) is 0 Å². The van der Waals surface area contributed by atoms with Crippen LogP contribution >= 0.6 is 0 Å². The Balaban J connectivity index is 1.80. The maximum atomic E-state index is 12.9. The van der Waals surface area contributed by atoms with Crippen molar-refractivity contribution in [3.8, 4) is 17.2 Å². The minimum Gasteiger partial charge on any atom is -0.496 e. The quantitative estimate of drug-likeness (QED) is 0.159. The van der Waals surface area contributed by atoms with Crippen LogP contribution in [0.3, 0.4) is 0 Å². The van der Waals surface area contributed by atoms with Crippen LogP contribution in [-0.4, -0.2) is 67.6 Å². The lowest BCUT2D eigenvalue weighted by Crippen LogP contribution is -2.74. The SMILES string of the molecule is CC[C@H](C)[C@@H](OC(C)=O)[C@@H](C)c1cc(OC)c2c(c1OC(C)=O)O[C@@]1(C)CC[C@H]3O[C@@H](C(C)(C)O[Si](C)(C)C)CC[C@]3(C)[C@@]1(O)C2. The largest absolute Gasteiger partial charge is 0.496 e. The molecule has 1 aromatic carbocycles. The van der Waals surface area contributed by atoms with Crippen LogP contribution in [-0.2, 0) is 29.9 Å². The number of esters is 2. The summed E-state index contributed by atoms with van der Waals surface area (Å²) < 4.78 is 38.1. The van der Waals surface area contributed by atoms with Gasteiger partial charge in [-0.1, -0.05) is 34.1 Å². The summed E-state index contributed by atoms with van der Waals surface area (Å²) in [5.41, 5.74) is -2.08. The van der Waals surface area contributed by atoms with Gasteiger partial charge in [0, 0.05) is 42.7 Å². The first-order chi connectivity index (χ1) is 21.1. The van der Waals surface area contributed by atoms with Crippen molar-refractivity contribution in [3.63, 3.8) is 0 Å². The lowest BCUT2D eigenvalue weighted by molar-refractivity contribution is -0.299. The van der Waals surface area contributed by atoms with E-state index in [0.717, 1.165) is 19.3 Å². The number of hydrogen-bond donors (Lipinski definition) is 1. The van der Waals surface area contributed by atoms with Gasteiger partial charge in [0.25, 0.3) is 0 Å². The van der Waals surface area contributed by atoms with Crippen LogP contribution in [0.5, 0.6) is 17.2 Å². The highest BCUT2D eigenvalue weighted by Crippen LogP contribution is 2.63. The summed E-state index contributed by atoms with van der Waals surface area (Å²) in [6.45, 7) is 23.7. The van der Waals surface area contributed by atoms with Gasteiger partial charge in [0.05, 0.1) is 24.9 Å². The molecule has 4 rings (SSSR count). The molecule has 1 N–H and O–H groups in total. The lowest BCUT2D eigenvalue weighted by atomic mass is 9.51. The van der Waals surface area contributed by atoms with Crippen LogP contribution in [0.4, 0.5) is 0 Å². The lowest BCUT2D eigenvalue weighted by Gasteiger charge is -2.65. The normalized spacial score (nSPS) is 31.3. The number of ether oxygens (including phenoxy) is 5. The molecule has 10 heteroatoms. The van der Waals surface area contributed by atoms with Crippen molar-refractivity contribution in [2.24, 2.45) is 11.3 Å². The summed E-state index contributed by atoms with van der Waals surface area (Å²) in [4.78, 5) is 24.7. The summed E-state index contributed by atoms with van der Waals surface area (Å²) in [7, 11) is -0.233. The third-order valence-corrected chi connectivity index (χ3v) is 12.2. The molecular weight excluding hydrogens is 604 g/mol. The third-order valence-electron chi connectivity index (χ3n) is 11.1. The molecule has 1 saturated carbocycles. The average molecular weight is 663 g/mol. The Morgan fingerprint density at radius 2 is 1.76 bits per heavy atom. The van der Waals surface area contributed by atoms with Crippen LogP contribution in [0.15, 0.2) is 6.07 Å². The Labute approximate surface area is 277 Å². The summed E-state index contributed by atoms with van der Waals surface area (Å²) in [6, 6.07) is 1.85. The average Bonchev–Trinajstić information content (AvgIpc) is 2.93. The van der Waals surface area contributed by atoms with E-state index < -0.39 is 42.6 Å². The highest BCUT2D eigenvalue weighted by Gasteiger charge is 2.69. The Bertz CT molecular complexity index is 1320. The van der Waals surface area contributed by atoms with E-state index in [2.05, 4.69) is 40.4 Å². The van der Waals surface area contributed by atoms with E-state index in [-0.39, 0.29) is 42.2 Å². The molecule has 8 atom stereocenters. The molecule has 2 fully saturated rings.